The van der Waals surface area contributed by atoms with Gasteiger partial charge in [-0.1, -0.05) is 76.6 Å². The molecule has 0 aliphatic rings. The lowest BCUT2D eigenvalue weighted by molar-refractivity contribution is -0.139. The summed E-state index contributed by atoms with van der Waals surface area (Å²) in [6.07, 6.45) is 22.3. The Kier molecular flexibility index (Phi) is 17.0. The molecule has 6 heteroatoms. The molecule has 0 radical (unpaired) electrons. The highest BCUT2D eigenvalue weighted by molar-refractivity contribution is 5.88. The van der Waals surface area contributed by atoms with E-state index in [1.807, 2.05) is 0 Å². The molecule has 0 aromatic rings. The topological polar surface area (TPSA) is 86.7 Å². The van der Waals surface area contributed by atoms with Gasteiger partial charge in [0.1, 0.15) is 6.04 Å². The Balaban J connectivity index is 4.32. The Morgan fingerprint density at radius 3 is 1.83 bits per heavy atom. The summed E-state index contributed by atoms with van der Waals surface area (Å²) in [5.74, 6) is 3.00. The monoisotopic (exact) mass is 418 g/mol. The molecule has 168 valence electrons. The summed E-state index contributed by atoms with van der Waals surface area (Å²) in [5.41, 5.74) is 0. The number of rotatable bonds is 18. The van der Waals surface area contributed by atoms with E-state index in [1.54, 1.807) is 0 Å². The number of carboxylic acids is 1. The lowest BCUT2D eigenvalue weighted by Gasteiger charge is -2.24. The van der Waals surface area contributed by atoms with Gasteiger partial charge >= 0.3 is 5.97 Å². The zero-order valence-electron chi connectivity index (χ0n) is 18.5. The normalized spacial score (nSPS) is 11.2. The highest BCUT2D eigenvalue weighted by atomic mass is 16.4. The number of nitrogens with zero attached hydrogens (tertiary/aromatic N) is 1. The predicted octanol–water partition coefficient (Wildman–Crippen LogP) is 3.74. The van der Waals surface area contributed by atoms with Gasteiger partial charge < -0.3 is 15.3 Å². The summed E-state index contributed by atoms with van der Waals surface area (Å²) in [7, 11) is 0. The molecular formula is C24H38N2O4. The molecule has 0 saturated heterocycles. The second kappa shape index (κ2) is 18.6. The maximum Gasteiger partial charge on any atom is 0.303 e. The third kappa shape index (κ3) is 14.5. The Morgan fingerprint density at radius 2 is 1.37 bits per heavy atom. The maximum atomic E-state index is 12.6. The zero-order valence-corrected chi connectivity index (χ0v) is 18.5. The van der Waals surface area contributed by atoms with Crippen molar-refractivity contribution in [2.75, 3.05) is 13.1 Å². The fourth-order valence-corrected chi connectivity index (χ4v) is 3.22. The minimum atomic E-state index is -1.03. The first kappa shape index (κ1) is 27.5. The second-order valence-electron chi connectivity index (χ2n) is 7.59. The van der Waals surface area contributed by atoms with Crippen molar-refractivity contribution in [2.24, 2.45) is 0 Å². The molecule has 2 N–H and O–H groups in total. The van der Waals surface area contributed by atoms with Crippen LogP contribution in [0.4, 0.5) is 0 Å². The number of terminal acetylenes is 2. The molecule has 0 aliphatic carbocycles. The van der Waals surface area contributed by atoms with Crippen molar-refractivity contribution in [1.82, 2.24) is 10.2 Å². The summed E-state index contributed by atoms with van der Waals surface area (Å²) < 4.78 is 0. The average molecular weight is 419 g/mol. The van der Waals surface area contributed by atoms with Crippen LogP contribution in [0.3, 0.4) is 0 Å². The molecule has 0 bridgehead atoms. The summed E-state index contributed by atoms with van der Waals surface area (Å²) >= 11 is 0. The van der Waals surface area contributed by atoms with Crippen LogP contribution < -0.4 is 5.32 Å². The molecule has 0 aromatic heterocycles. The number of hydrogen-bond acceptors (Lipinski definition) is 3. The lowest BCUT2D eigenvalue weighted by Crippen LogP contribution is -2.49. The van der Waals surface area contributed by atoms with Gasteiger partial charge in [-0.25, -0.2) is 0 Å². The molecule has 0 heterocycles. The van der Waals surface area contributed by atoms with Crippen molar-refractivity contribution in [1.29, 1.82) is 0 Å². The minimum absolute atomic E-state index is 0.00355. The Hall–Kier alpha value is -2.47. The van der Waals surface area contributed by atoms with Gasteiger partial charge in [0, 0.05) is 12.8 Å². The molecule has 1 atom stereocenters. The number of nitrogens with one attached hydrogen (secondary N) is 1. The summed E-state index contributed by atoms with van der Waals surface area (Å²) in [5, 5.41) is 11.6. The fourth-order valence-electron chi connectivity index (χ4n) is 3.22. The molecule has 0 unspecified atom stereocenters. The van der Waals surface area contributed by atoms with E-state index in [-0.39, 0.29) is 31.8 Å². The highest BCUT2D eigenvalue weighted by Gasteiger charge is 2.25. The fraction of sp³-hybridized carbons (Fsp3) is 0.708. The molecule has 0 saturated carbocycles. The number of amides is 2. The second-order valence-corrected chi connectivity index (χ2v) is 7.59. The summed E-state index contributed by atoms with van der Waals surface area (Å²) in [4.78, 5) is 37.1. The molecular weight excluding hydrogens is 380 g/mol. The van der Waals surface area contributed by atoms with Crippen molar-refractivity contribution in [3.8, 4) is 24.7 Å². The van der Waals surface area contributed by atoms with E-state index in [9.17, 15) is 14.4 Å². The van der Waals surface area contributed by atoms with E-state index < -0.39 is 17.9 Å². The Labute approximate surface area is 182 Å². The zero-order chi connectivity index (χ0) is 22.6. The van der Waals surface area contributed by atoms with Crippen LogP contribution in [-0.4, -0.2) is 46.9 Å². The van der Waals surface area contributed by atoms with Gasteiger partial charge in [-0.2, -0.15) is 0 Å². The van der Waals surface area contributed by atoms with Gasteiger partial charge in [0.25, 0.3) is 0 Å². The van der Waals surface area contributed by atoms with E-state index in [0.717, 1.165) is 19.3 Å². The maximum absolute atomic E-state index is 12.6. The van der Waals surface area contributed by atoms with Crippen LogP contribution in [0.15, 0.2) is 0 Å². The number of hydrogen-bond donors (Lipinski definition) is 2. The SMILES string of the molecule is C#CCN(CC#C)C(=O)[C@@H](CCC(=O)O)NC(=O)CCCCCCCCCCCC. The molecule has 0 fully saturated rings. The number of unbranched alkanes of at least 4 members (excludes halogenated alkanes) is 9. The quantitative estimate of drug-likeness (QED) is 0.262. The molecule has 0 spiro atoms. The Morgan fingerprint density at radius 1 is 0.867 bits per heavy atom. The van der Waals surface area contributed by atoms with Crippen LogP contribution in [0.5, 0.6) is 0 Å². The smallest absolute Gasteiger partial charge is 0.303 e. The van der Waals surface area contributed by atoms with Crippen molar-refractivity contribution < 1.29 is 19.5 Å². The molecule has 2 amide bonds. The van der Waals surface area contributed by atoms with E-state index in [1.165, 1.54) is 49.8 Å². The summed E-state index contributed by atoms with van der Waals surface area (Å²) in [6, 6.07) is -0.932. The number of aliphatic carboxylic acids is 1. The highest BCUT2D eigenvalue weighted by Crippen LogP contribution is 2.11. The van der Waals surface area contributed by atoms with Crippen molar-refractivity contribution in [2.45, 2.75) is 96.4 Å². The van der Waals surface area contributed by atoms with Gasteiger partial charge in [-0.05, 0) is 12.8 Å². The van der Waals surface area contributed by atoms with Crippen LogP contribution in [-0.2, 0) is 14.4 Å². The van der Waals surface area contributed by atoms with Gasteiger partial charge in [0.2, 0.25) is 11.8 Å². The van der Waals surface area contributed by atoms with E-state index in [4.69, 9.17) is 18.0 Å². The first-order valence-corrected chi connectivity index (χ1v) is 11.1. The third-order valence-corrected chi connectivity index (χ3v) is 4.91. The largest absolute Gasteiger partial charge is 0.481 e. The lowest BCUT2D eigenvalue weighted by atomic mass is 10.1. The molecule has 0 rings (SSSR count). The third-order valence-electron chi connectivity index (χ3n) is 4.91. The average Bonchev–Trinajstić information content (AvgIpc) is 2.71. The first-order valence-electron chi connectivity index (χ1n) is 11.1. The van der Waals surface area contributed by atoms with Gasteiger partial charge in [-0.15, -0.1) is 12.8 Å². The first-order chi connectivity index (χ1) is 14.5. The standard InChI is InChI=1S/C24H38N2O4/c1-4-7-8-9-10-11-12-13-14-15-16-22(27)25-21(17-18-23(28)29)24(30)26(19-5-2)20-6-3/h2-3,21H,4,7-20H2,1H3,(H,25,27)(H,28,29)/t21-/m1/s1. The van der Waals surface area contributed by atoms with Crippen molar-refractivity contribution >= 4 is 17.8 Å². The summed E-state index contributed by atoms with van der Waals surface area (Å²) in [6.45, 7) is 2.24. The molecule has 0 aliphatic heterocycles. The van der Waals surface area contributed by atoms with E-state index in [2.05, 4.69) is 24.1 Å². The predicted molar refractivity (Wildman–Crippen MR) is 120 cm³/mol. The Bertz CT molecular complexity index is 573. The van der Waals surface area contributed by atoms with Crippen LogP contribution in [0.1, 0.15) is 90.4 Å². The number of carbonyl (C=O) groups is 3. The van der Waals surface area contributed by atoms with Gasteiger partial charge in [0.15, 0.2) is 0 Å². The van der Waals surface area contributed by atoms with Crippen LogP contribution >= 0.6 is 0 Å². The molecule has 30 heavy (non-hydrogen) atoms. The van der Waals surface area contributed by atoms with E-state index >= 15 is 0 Å². The van der Waals surface area contributed by atoms with Gasteiger partial charge in [-0.3, -0.25) is 14.4 Å². The molecule has 0 aromatic carbocycles. The van der Waals surface area contributed by atoms with E-state index in [0.29, 0.717) is 6.42 Å². The van der Waals surface area contributed by atoms with Crippen LogP contribution in [0.2, 0.25) is 0 Å². The minimum Gasteiger partial charge on any atom is -0.481 e. The van der Waals surface area contributed by atoms with Crippen molar-refractivity contribution in [3.05, 3.63) is 0 Å². The number of carboxylic acid groups (broad SMARTS) is 1. The van der Waals surface area contributed by atoms with Crippen LogP contribution in [0.25, 0.3) is 0 Å². The van der Waals surface area contributed by atoms with Gasteiger partial charge in [0.05, 0.1) is 13.1 Å². The van der Waals surface area contributed by atoms with Crippen molar-refractivity contribution in [3.63, 3.8) is 0 Å². The number of carbonyl (C=O) groups excluding carboxylic acids is 2. The molecule has 6 nitrogen and oxygen atoms in total. The van der Waals surface area contributed by atoms with Crippen LogP contribution in [0, 0.1) is 24.7 Å².